The van der Waals surface area contributed by atoms with Gasteiger partial charge < -0.3 is 9.84 Å². The van der Waals surface area contributed by atoms with Gasteiger partial charge in [0.25, 0.3) is 0 Å². The molecule has 0 radical (unpaired) electrons. The zero-order valence-electron chi connectivity index (χ0n) is 10.6. The predicted octanol–water partition coefficient (Wildman–Crippen LogP) is 4.21. The van der Waals surface area contributed by atoms with Gasteiger partial charge in [-0.3, -0.25) is 0 Å². The van der Waals surface area contributed by atoms with Crippen molar-refractivity contribution in [1.29, 1.82) is 0 Å². The second kappa shape index (κ2) is 5.92. The number of hydrogen-bond donors (Lipinski definition) is 1. The van der Waals surface area contributed by atoms with E-state index < -0.39 is 0 Å². The molecule has 0 atom stereocenters. The van der Waals surface area contributed by atoms with E-state index in [0.29, 0.717) is 15.7 Å². The highest BCUT2D eigenvalue weighted by Crippen LogP contribution is 2.37. The van der Waals surface area contributed by atoms with Gasteiger partial charge in [-0.25, -0.2) is 4.79 Å². The second-order valence-corrected chi connectivity index (χ2v) is 5.98. The third kappa shape index (κ3) is 2.76. The van der Waals surface area contributed by atoms with Crippen molar-refractivity contribution in [3.05, 3.63) is 38.3 Å². The Kier molecular flexibility index (Phi) is 4.46. The third-order valence-electron chi connectivity index (χ3n) is 2.75. The van der Waals surface area contributed by atoms with Gasteiger partial charge in [0.05, 0.1) is 15.7 Å². The van der Waals surface area contributed by atoms with E-state index in [4.69, 9.17) is 4.74 Å². The zero-order chi connectivity index (χ0) is 14.0. The van der Waals surface area contributed by atoms with E-state index in [2.05, 4.69) is 0 Å². The first-order valence-corrected chi connectivity index (χ1v) is 7.75. The van der Waals surface area contributed by atoms with Crippen molar-refractivity contribution in [3.8, 4) is 16.2 Å². The van der Waals surface area contributed by atoms with Gasteiger partial charge in [0.15, 0.2) is 0 Å². The van der Waals surface area contributed by atoms with Crippen molar-refractivity contribution < 1.29 is 14.6 Å². The van der Waals surface area contributed by atoms with E-state index in [9.17, 15) is 9.90 Å². The molecule has 2 rings (SSSR count). The Morgan fingerprint density at radius 2 is 2.26 bits per heavy atom. The van der Waals surface area contributed by atoms with E-state index in [1.54, 1.807) is 13.0 Å². The summed E-state index contributed by atoms with van der Waals surface area (Å²) in [6.45, 7) is 3.94. The van der Waals surface area contributed by atoms with Crippen LogP contribution in [0.5, 0.6) is 5.75 Å². The van der Waals surface area contributed by atoms with E-state index in [1.165, 1.54) is 11.3 Å². The van der Waals surface area contributed by atoms with Crippen LogP contribution in [0.25, 0.3) is 10.4 Å². The quantitative estimate of drug-likeness (QED) is 0.633. The van der Waals surface area contributed by atoms with Crippen LogP contribution in [0.4, 0.5) is 0 Å². The summed E-state index contributed by atoms with van der Waals surface area (Å²) in [5.41, 5.74) is 2.01. The predicted molar refractivity (Wildman–Crippen MR) is 84.8 cm³/mol. The lowest BCUT2D eigenvalue weighted by Crippen LogP contribution is -2.09. The molecule has 0 spiro atoms. The Bertz CT molecular complexity index is 606. The van der Waals surface area contributed by atoms with Crippen LogP contribution < -0.4 is 0 Å². The number of benzene rings is 1. The standard InChI is InChI=1S/C14H13IO3S/c1-3-18-14(17)12-8(2)13(15)10(16)7-9(12)11-5-4-6-19-11/h4-7,16H,3H2,1-2H3. The van der Waals surface area contributed by atoms with E-state index in [1.807, 2.05) is 47.0 Å². The summed E-state index contributed by atoms with van der Waals surface area (Å²) in [5, 5.41) is 11.9. The molecule has 0 bridgehead atoms. The second-order valence-electron chi connectivity index (χ2n) is 3.96. The number of phenolic OH excluding ortho intramolecular Hbond substituents is 1. The van der Waals surface area contributed by atoms with E-state index in [0.717, 1.165) is 16.0 Å². The van der Waals surface area contributed by atoms with Gasteiger partial charge in [-0.15, -0.1) is 11.3 Å². The van der Waals surface area contributed by atoms with Crippen molar-refractivity contribution in [2.24, 2.45) is 0 Å². The van der Waals surface area contributed by atoms with Crippen molar-refractivity contribution in [3.63, 3.8) is 0 Å². The number of ether oxygens (including phenoxy) is 1. The molecule has 0 aliphatic rings. The first-order chi connectivity index (χ1) is 9.06. The first-order valence-electron chi connectivity index (χ1n) is 5.79. The van der Waals surface area contributed by atoms with Gasteiger partial charge >= 0.3 is 5.97 Å². The first kappa shape index (κ1) is 14.3. The number of thiophene rings is 1. The molecule has 1 aromatic carbocycles. The smallest absolute Gasteiger partial charge is 0.339 e. The van der Waals surface area contributed by atoms with E-state index >= 15 is 0 Å². The molecule has 1 N–H and O–H groups in total. The topological polar surface area (TPSA) is 46.5 Å². The number of carbonyl (C=O) groups is 1. The van der Waals surface area contributed by atoms with Crippen LogP contribution >= 0.6 is 33.9 Å². The lowest BCUT2D eigenvalue weighted by atomic mass is 10.00. The molecule has 0 fully saturated rings. The molecule has 5 heteroatoms. The molecule has 0 aliphatic heterocycles. The van der Waals surface area contributed by atoms with Crippen LogP contribution in [0.3, 0.4) is 0 Å². The van der Waals surface area contributed by atoms with Gasteiger partial charge in [0.2, 0.25) is 0 Å². The normalized spacial score (nSPS) is 10.5. The summed E-state index contributed by atoms with van der Waals surface area (Å²) < 4.78 is 5.80. The number of esters is 1. The van der Waals surface area contributed by atoms with Gasteiger partial charge in [-0.1, -0.05) is 6.07 Å². The monoisotopic (exact) mass is 388 g/mol. The highest BCUT2D eigenvalue weighted by atomic mass is 127. The van der Waals surface area contributed by atoms with Crippen LogP contribution in [-0.4, -0.2) is 17.7 Å². The highest BCUT2D eigenvalue weighted by Gasteiger charge is 2.21. The van der Waals surface area contributed by atoms with E-state index in [-0.39, 0.29) is 11.7 Å². The number of aromatic hydroxyl groups is 1. The Hall–Kier alpha value is -1.08. The molecule has 19 heavy (non-hydrogen) atoms. The molecule has 0 saturated heterocycles. The average Bonchev–Trinajstić information content (AvgIpc) is 2.89. The van der Waals surface area contributed by atoms with Crippen molar-refractivity contribution >= 4 is 39.9 Å². The molecular weight excluding hydrogens is 375 g/mol. The Morgan fingerprint density at radius 3 is 2.84 bits per heavy atom. The summed E-state index contributed by atoms with van der Waals surface area (Å²) in [6, 6.07) is 5.47. The van der Waals surface area contributed by atoms with Gasteiger partial charge in [-0.05, 0) is 59.5 Å². The fourth-order valence-corrected chi connectivity index (χ4v) is 3.04. The summed E-state index contributed by atoms with van der Waals surface area (Å²) in [7, 11) is 0. The fraction of sp³-hybridized carbons (Fsp3) is 0.214. The average molecular weight is 388 g/mol. The molecule has 100 valence electrons. The van der Waals surface area contributed by atoms with Crippen LogP contribution in [0.1, 0.15) is 22.8 Å². The minimum atomic E-state index is -0.346. The van der Waals surface area contributed by atoms with Crippen molar-refractivity contribution in [2.45, 2.75) is 13.8 Å². The maximum absolute atomic E-state index is 12.1. The summed E-state index contributed by atoms with van der Waals surface area (Å²) in [4.78, 5) is 13.1. The lowest BCUT2D eigenvalue weighted by Gasteiger charge is -2.13. The highest BCUT2D eigenvalue weighted by molar-refractivity contribution is 14.1. The Balaban J connectivity index is 2.68. The molecule has 0 unspecified atom stereocenters. The zero-order valence-corrected chi connectivity index (χ0v) is 13.5. The summed E-state index contributed by atoms with van der Waals surface area (Å²) in [6.07, 6.45) is 0. The molecule has 2 aromatic rings. The summed E-state index contributed by atoms with van der Waals surface area (Å²) >= 11 is 3.56. The minimum Gasteiger partial charge on any atom is -0.507 e. The third-order valence-corrected chi connectivity index (χ3v) is 5.01. The van der Waals surface area contributed by atoms with Crippen LogP contribution in [0.15, 0.2) is 23.6 Å². The minimum absolute atomic E-state index is 0.189. The van der Waals surface area contributed by atoms with Gasteiger partial charge in [-0.2, -0.15) is 0 Å². The van der Waals surface area contributed by atoms with Crippen LogP contribution in [0, 0.1) is 10.5 Å². The molecule has 3 nitrogen and oxygen atoms in total. The molecule has 0 amide bonds. The molecule has 0 saturated carbocycles. The molecule has 1 aromatic heterocycles. The number of phenols is 1. The van der Waals surface area contributed by atoms with Crippen LogP contribution in [0.2, 0.25) is 0 Å². The Labute approximate surface area is 129 Å². The maximum atomic E-state index is 12.1. The number of hydrogen-bond acceptors (Lipinski definition) is 4. The Morgan fingerprint density at radius 1 is 1.53 bits per heavy atom. The SMILES string of the molecule is CCOC(=O)c1c(-c2cccs2)cc(O)c(I)c1C. The molecular formula is C14H13IO3S. The maximum Gasteiger partial charge on any atom is 0.339 e. The summed E-state index contributed by atoms with van der Waals surface area (Å²) in [5.74, 6) is -0.157. The number of rotatable bonds is 3. The fourth-order valence-electron chi connectivity index (χ4n) is 1.87. The van der Waals surface area contributed by atoms with Crippen molar-refractivity contribution in [1.82, 2.24) is 0 Å². The number of halogens is 1. The molecule has 0 aliphatic carbocycles. The lowest BCUT2D eigenvalue weighted by molar-refractivity contribution is 0.0526. The number of carbonyl (C=O) groups excluding carboxylic acids is 1. The van der Waals surface area contributed by atoms with Gasteiger partial charge in [0, 0.05) is 10.4 Å². The van der Waals surface area contributed by atoms with Crippen LogP contribution in [-0.2, 0) is 4.74 Å². The molecule has 1 heterocycles. The van der Waals surface area contributed by atoms with Gasteiger partial charge in [0.1, 0.15) is 5.75 Å². The largest absolute Gasteiger partial charge is 0.507 e. The van der Waals surface area contributed by atoms with Crippen molar-refractivity contribution in [2.75, 3.05) is 6.61 Å².